The van der Waals surface area contributed by atoms with Crippen LogP contribution in [0.3, 0.4) is 0 Å². The van der Waals surface area contributed by atoms with Crippen molar-refractivity contribution in [3.63, 3.8) is 0 Å². The minimum atomic E-state index is -0.295. The minimum absolute atomic E-state index is 0.0231. The highest BCUT2D eigenvalue weighted by Gasteiger charge is 2.19. The highest BCUT2D eigenvalue weighted by atomic mass is 19.1. The molecule has 26 heavy (non-hydrogen) atoms. The molecule has 132 valence electrons. The summed E-state index contributed by atoms with van der Waals surface area (Å²) in [5.74, 6) is -0.318. The van der Waals surface area contributed by atoms with Gasteiger partial charge in [-0.25, -0.2) is 4.39 Å². The lowest BCUT2D eigenvalue weighted by Gasteiger charge is -2.16. The van der Waals surface area contributed by atoms with Crippen LogP contribution >= 0.6 is 0 Å². The third-order valence-electron chi connectivity index (χ3n) is 4.96. The zero-order chi connectivity index (χ0) is 18.7. The molecule has 3 nitrogen and oxygen atoms in total. The van der Waals surface area contributed by atoms with Crippen molar-refractivity contribution < 1.29 is 9.18 Å². The highest BCUT2D eigenvalue weighted by molar-refractivity contribution is 6.01. The van der Waals surface area contributed by atoms with Gasteiger partial charge in [0.2, 0.25) is 5.91 Å². The van der Waals surface area contributed by atoms with Crippen molar-refractivity contribution in [2.45, 2.75) is 33.1 Å². The van der Waals surface area contributed by atoms with E-state index in [4.69, 9.17) is 0 Å². The molecule has 2 aromatic rings. The number of allylic oxidation sites excluding steroid dienone is 1. The first-order chi connectivity index (χ1) is 12.5. The van der Waals surface area contributed by atoms with Gasteiger partial charge in [0.25, 0.3) is 0 Å². The van der Waals surface area contributed by atoms with Crippen LogP contribution in [0.4, 0.5) is 4.39 Å². The first-order valence-electron chi connectivity index (χ1n) is 8.80. The number of nitriles is 1. The fourth-order valence-corrected chi connectivity index (χ4v) is 3.47. The second kappa shape index (κ2) is 7.53. The SMILES string of the molecule is C/C(=C1/CCCCNC1=O)c1cc(C#N)cc(-c2ccc(F)cc2)c1C. The summed E-state index contributed by atoms with van der Waals surface area (Å²) in [6.45, 7) is 4.62. The van der Waals surface area contributed by atoms with Crippen LogP contribution in [0.2, 0.25) is 0 Å². The second-order valence-corrected chi connectivity index (χ2v) is 6.63. The summed E-state index contributed by atoms with van der Waals surface area (Å²) in [4.78, 5) is 12.4. The van der Waals surface area contributed by atoms with Crippen molar-refractivity contribution in [1.29, 1.82) is 5.26 Å². The van der Waals surface area contributed by atoms with E-state index in [1.165, 1.54) is 12.1 Å². The normalized spacial score (nSPS) is 16.5. The number of nitrogens with zero attached hydrogens (tertiary/aromatic N) is 1. The molecule has 1 heterocycles. The summed E-state index contributed by atoms with van der Waals surface area (Å²) in [6.07, 6.45) is 2.67. The van der Waals surface area contributed by atoms with Gasteiger partial charge >= 0.3 is 0 Å². The largest absolute Gasteiger partial charge is 0.352 e. The molecule has 1 aliphatic rings. The Balaban J connectivity index is 2.18. The Morgan fingerprint density at radius 3 is 2.62 bits per heavy atom. The predicted octanol–water partition coefficient (Wildman–Crippen LogP) is 4.75. The third kappa shape index (κ3) is 3.52. The molecule has 4 heteroatoms. The molecule has 0 radical (unpaired) electrons. The van der Waals surface area contributed by atoms with Gasteiger partial charge in [-0.1, -0.05) is 12.1 Å². The molecule has 0 aromatic heterocycles. The first kappa shape index (κ1) is 17.9. The third-order valence-corrected chi connectivity index (χ3v) is 4.96. The van der Waals surface area contributed by atoms with Crippen molar-refractivity contribution in [2.24, 2.45) is 0 Å². The maximum atomic E-state index is 13.3. The lowest BCUT2D eigenvalue weighted by atomic mass is 9.88. The van der Waals surface area contributed by atoms with Crippen molar-refractivity contribution in [2.75, 3.05) is 6.54 Å². The topological polar surface area (TPSA) is 52.9 Å². The molecule has 3 rings (SSSR count). The number of hydrogen-bond acceptors (Lipinski definition) is 2. The van der Waals surface area contributed by atoms with Crippen LogP contribution in [0.5, 0.6) is 0 Å². The zero-order valence-corrected chi connectivity index (χ0v) is 15.0. The maximum absolute atomic E-state index is 13.3. The average molecular weight is 348 g/mol. The van der Waals surface area contributed by atoms with Crippen molar-refractivity contribution in [1.82, 2.24) is 5.32 Å². The number of rotatable bonds is 2. The highest BCUT2D eigenvalue weighted by Crippen LogP contribution is 2.33. The smallest absolute Gasteiger partial charge is 0.247 e. The molecule has 0 spiro atoms. The van der Waals surface area contributed by atoms with Crippen molar-refractivity contribution in [3.05, 3.63) is 64.5 Å². The van der Waals surface area contributed by atoms with Crippen molar-refractivity contribution >= 4 is 11.5 Å². The summed E-state index contributed by atoms with van der Waals surface area (Å²) in [5, 5.41) is 12.4. The zero-order valence-electron chi connectivity index (χ0n) is 15.0. The molecular weight excluding hydrogens is 327 g/mol. The van der Waals surface area contributed by atoms with Gasteiger partial charge in [-0.05, 0) is 85.2 Å². The number of carbonyl (C=O) groups is 1. The first-order valence-corrected chi connectivity index (χ1v) is 8.80. The van der Waals surface area contributed by atoms with Crippen LogP contribution in [-0.4, -0.2) is 12.5 Å². The molecule has 0 bridgehead atoms. The van der Waals surface area contributed by atoms with E-state index in [0.29, 0.717) is 12.1 Å². The van der Waals surface area contributed by atoms with Gasteiger partial charge in [-0.15, -0.1) is 0 Å². The van der Waals surface area contributed by atoms with E-state index >= 15 is 0 Å². The van der Waals surface area contributed by atoms with E-state index in [1.807, 2.05) is 26.0 Å². The molecule has 1 aliphatic heterocycles. The number of benzene rings is 2. The Kier molecular flexibility index (Phi) is 5.18. The molecule has 1 N–H and O–H groups in total. The Labute approximate surface area is 153 Å². The van der Waals surface area contributed by atoms with Crippen LogP contribution in [0.25, 0.3) is 16.7 Å². The van der Waals surface area contributed by atoms with Gasteiger partial charge in [-0.3, -0.25) is 4.79 Å². The Bertz CT molecular complexity index is 920. The minimum Gasteiger partial charge on any atom is -0.352 e. The van der Waals surface area contributed by atoms with Crippen molar-refractivity contribution in [3.8, 4) is 17.2 Å². The van der Waals surface area contributed by atoms with E-state index in [9.17, 15) is 14.4 Å². The Hall–Kier alpha value is -2.93. The van der Waals surface area contributed by atoms with Crippen LogP contribution in [-0.2, 0) is 4.79 Å². The van der Waals surface area contributed by atoms with Gasteiger partial charge in [0.05, 0.1) is 11.6 Å². The molecule has 0 unspecified atom stereocenters. The molecule has 0 atom stereocenters. The van der Waals surface area contributed by atoms with Crippen LogP contribution < -0.4 is 5.32 Å². The maximum Gasteiger partial charge on any atom is 0.247 e. The second-order valence-electron chi connectivity index (χ2n) is 6.63. The van der Waals surface area contributed by atoms with E-state index in [-0.39, 0.29) is 11.7 Å². The van der Waals surface area contributed by atoms with Gasteiger partial charge in [0.15, 0.2) is 0 Å². The van der Waals surface area contributed by atoms with Crippen LogP contribution in [0, 0.1) is 24.1 Å². The summed E-state index contributed by atoms with van der Waals surface area (Å²) in [5.41, 5.74) is 5.83. The fraction of sp³-hybridized carbons (Fsp3) is 0.273. The number of halogens is 1. The summed E-state index contributed by atoms with van der Waals surface area (Å²) in [6, 6.07) is 12.1. The molecular formula is C22H21FN2O. The van der Waals surface area contributed by atoms with E-state index in [2.05, 4.69) is 11.4 Å². The van der Waals surface area contributed by atoms with E-state index in [0.717, 1.165) is 52.7 Å². The molecule has 0 aliphatic carbocycles. The van der Waals surface area contributed by atoms with Gasteiger partial charge < -0.3 is 5.32 Å². The van der Waals surface area contributed by atoms with E-state index in [1.54, 1.807) is 12.1 Å². The number of amides is 1. The molecule has 1 saturated heterocycles. The van der Waals surface area contributed by atoms with Crippen LogP contribution in [0.1, 0.15) is 42.9 Å². The lowest BCUT2D eigenvalue weighted by Crippen LogP contribution is -2.24. The quantitative estimate of drug-likeness (QED) is 0.797. The predicted molar refractivity (Wildman–Crippen MR) is 101 cm³/mol. The molecule has 1 amide bonds. The standard InChI is InChI=1S/C22H21FN2O/c1-14(19-5-3-4-10-25-22(19)26)20-11-16(13-24)12-21(15(20)2)17-6-8-18(23)9-7-17/h6-9,11-12H,3-5,10H2,1-2H3,(H,25,26)/b19-14+. The van der Waals surface area contributed by atoms with Gasteiger partial charge in [0.1, 0.15) is 5.82 Å². The molecule has 2 aromatic carbocycles. The van der Waals surface area contributed by atoms with Gasteiger partial charge in [0, 0.05) is 12.1 Å². The Morgan fingerprint density at radius 1 is 1.19 bits per heavy atom. The van der Waals surface area contributed by atoms with Gasteiger partial charge in [-0.2, -0.15) is 5.26 Å². The fourth-order valence-electron chi connectivity index (χ4n) is 3.47. The number of carbonyl (C=O) groups excluding carboxylic acids is 1. The summed E-state index contributed by atoms with van der Waals surface area (Å²) < 4.78 is 13.3. The lowest BCUT2D eigenvalue weighted by molar-refractivity contribution is -0.117. The molecule has 1 fully saturated rings. The summed E-state index contributed by atoms with van der Waals surface area (Å²) >= 11 is 0. The molecule has 0 saturated carbocycles. The number of hydrogen-bond donors (Lipinski definition) is 1. The van der Waals surface area contributed by atoms with Crippen LogP contribution in [0.15, 0.2) is 42.0 Å². The van der Waals surface area contributed by atoms with E-state index < -0.39 is 0 Å². The summed E-state index contributed by atoms with van der Waals surface area (Å²) in [7, 11) is 0. The Morgan fingerprint density at radius 2 is 1.92 bits per heavy atom. The number of nitrogens with one attached hydrogen (secondary N) is 1. The monoisotopic (exact) mass is 348 g/mol. The average Bonchev–Trinajstić information content (AvgIpc) is 2.86.